The summed E-state index contributed by atoms with van der Waals surface area (Å²) in [4.78, 5) is 28.4. The molecule has 2 saturated carbocycles. The van der Waals surface area contributed by atoms with Crippen LogP contribution in [-0.2, 0) is 11.3 Å². The van der Waals surface area contributed by atoms with Gasteiger partial charge < -0.3 is 14.8 Å². The summed E-state index contributed by atoms with van der Waals surface area (Å²) in [5.41, 5.74) is 0.618. The average Bonchev–Trinajstić information content (AvgIpc) is 3.32. The molecule has 8 heteroatoms. The van der Waals surface area contributed by atoms with Gasteiger partial charge in [0.25, 0.3) is 5.91 Å². The van der Waals surface area contributed by atoms with Crippen LogP contribution >= 0.6 is 11.8 Å². The first-order valence-electron chi connectivity index (χ1n) is 13.3. The van der Waals surface area contributed by atoms with E-state index in [0.29, 0.717) is 35.8 Å². The molecule has 1 atom stereocenters. The molecule has 190 valence electrons. The number of rotatable bonds is 9. The zero-order valence-corrected chi connectivity index (χ0v) is 21.9. The van der Waals surface area contributed by atoms with E-state index in [4.69, 9.17) is 0 Å². The van der Waals surface area contributed by atoms with Crippen molar-refractivity contribution in [3.63, 3.8) is 0 Å². The monoisotopic (exact) mass is 497 g/mol. The summed E-state index contributed by atoms with van der Waals surface area (Å²) in [6.07, 6.45) is 12.1. The van der Waals surface area contributed by atoms with Gasteiger partial charge in [-0.1, -0.05) is 68.5 Å². The summed E-state index contributed by atoms with van der Waals surface area (Å²) in [6, 6.07) is 9.69. The number of nitrogens with one attached hydrogen (secondary N) is 1. The topological polar surface area (TPSA) is 80.1 Å². The molecule has 0 radical (unpaired) electrons. The Hall–Kier alpha value is -2.35. The molecule has 1 N–H and O–H groups in total. The maximum atomic E-state index is 13.5. The molecule has 0 unspecified atom stereocenters. The summed E-state index contributed by atoms with van der Waals surface area (Å²) in [7, 11) is 0. The number of thioether (sulfide) groups is 1. The summed E-state index contributed by atoms with van der Waals surface area (Å²) >= 11 is 1.48. The largest absolute Gasteiger partial charge is 0.342 e. The van der Waals surface area contributed by atoms with Crippen molar-refractivity contribution in [3.8, 4) is 0 Å². The number of hydrogen-bond donors (Lipinski definition) is 1. The lowest BCUT2D eigenvalue weighted by atomic mass is 9.88. The van der Waals surface area contributed by atoms with Crippen LogP contribution in [-0.4, -0.2) is 49.3 Å². The SMILES string of the molecule is CCn1c(SCC(=O)N(C2CCCCC2)C2CCCCC2)nnc1[C@H](C)NC(=O)c1ccccc1. The lowest BCUT2D eigenvalue weighted by Crippen LogP contribution is -2.49. The van der Waals surface area contributed by atoms with E-state index in [0.717, 1.165) is 30.8 Å². The molecule has 1 heterocycles. The van der Waals surface area contributed by atoms with Gasteiger partial charge in [0.05, 0.1) is 11.8 Å². The number of nitrogens with zero attached hydrogens (tertiary/aromatic N) is 4. The lowest BCUT2D eigenvalue weighted by Gasteiger charge is -2.41. The Kier molecular flexibility index (Phi) is 9.24. The zero-order valence-electron chi connectivity index (χ0n) is 21.1. The fourth-order valence-corrected chi connectivity index (χ4v) is 6.46. The first kappa shape index (κ1) is 25.7. The van der Waals surface area contributed by atoms with Crippen LogP contribution in [0.4, 0.5) is 0 Å². The van der Waals surface area contributed by atoms with Crippen molar-refractivity contribution in [3.05, 3.63) is 41.7 Å². The van der Waals surface area contributed by atoms with Crippen LogP contribution in [0.2, 0.25) is 0 Å². The Bertz CT molecular complexity index is 949. The Labute approximate surface area is 213 Å². The standard InChI is InChI=1S/C27H39N5O2S/c1-3-31-25(20(2)28-26(34)21-13-7-4-8-14-21)29-30-27(31)35-19-24(33)32(22-15-9-5-10-16-22)23-17-11-6-12-18-23/h4,7-8,13-14,20,22-23H,3,5-6,9-12,15-19H2,1-2H3,(H,28,34)/t20-/m0/s1. The van der Waals surface area contributed by atoms with E-state index in [1.165, 1.54) is 50.3 Å². The van der Waals surface area contributed by atoms with E-state index in [9.17, 15) is 9.59 Å². The molecule has 1 aromatic carbocycles. The van der Waals surface area contributed by atoms with E-state index in [1.807, 2.05) is 36.6 Å². The van der Waals surface area contributed by atoms with Gasteiger partial charge >= 0.3 is 0 Å². The molecule has 2 aliphatic rings. The highest BCUT2D eigenvalue weighted by molar-refractivity contribution is 7.99. The quantitative estimate of drug-likeness (QED) is 0.471. The van der Waals surface area contributed by atoms with Crippen LogP contribution in [0.15, 0.2) is 35.5 Å². The summed E-state index contributed by atoms with van der Waals surface area (Å²) in [5.74, 6) is 1.20. The van der Waals surface area contributed by atoms with E-state index < -0.39 is 0 Å². The second kappa shape index (κ2) is 12.6. The molecule has 2 fully saturated rings. The minimum atomic E-state index is -0.291. The highest BCUT2D eigenvalue weighted by Crippen LogP contribution is 2.31. The van der Waals surface area contributed by atoms with Crippen LogP contribution < -0.4 is 5.32 Å². The molecule has 1 aromatic heterocycles. The smallest absolute Gasteiger partial charge is 0.251 e. The van der Waals surface area contributed by atoms with Crippen molar-refractivity contribution in [2.45, 2.75) is 108 Å². The van der Waals surface area contributed by atoms with E-state index in [1.54, 1.807) is 12.1 Å². The van der Waals surface area contributed by atoms with E-state index >= 15 is 0 Å². The van der Waals surface area contributed by atoms with Crippen molar-refractivity contribution in [1.29, 1.82) is 0 Å². The second-order valence-corrected chi connectivity index (χ2v) is 10.8. The van der Waals surface area contributed by atoms with Crippen LogP contribution in [0.5, 0.6) is 0 Å². The molecule has 2 aliphatic carbocycles. The molecule has 0 saturated heterocycles. The molecular weight excluding hydrogens is 458 g/mol. The highest BCUT2D eigenvalue weighted by Gasteiger charge is 2.32. The molecule has 0 bridgehead atoms. The molecule has 2 amide bonds. The minimum absolute atomic E-state index is 0.135. The number of hydrogen-bond acceptors (Lipinski definition) is 5. The zero-order chi connectivity index (χ0) is 24.6. The molecule has 0 spiro atoms. The number of amides is 2. The summed E-state index contributed by atoms with van der Waals surface area (Å²) < 4.78 is 2.01. The highest BCUT2D eigenvalue weighted by atomic mass is 32.2. The maximum Gasteiger partial charge on any atom is 0.251 e. The van der Waals surface area contributed by atoms with Gasteiger partial charge in [-0.05, 0) is 51.7 Å². The first-order valence-corrected chi connectivity index (χ1v) is 14.3. The molecule has 7 nitrogen and oxygen atoms in total. The van der Waals surface area contributed by atoms with Gasteiger partial charge in [0.1, 0.15) is 0 Å². The fourth-order valence-electron chi connectivity index (χ4n) is 5.58. The Morgan fingerprint density at radius 3 is 2.17 bits per heavy atom. The predicted molar refractivity (Wildman–Crippen MR) is 139 cm³/mol. The molecule has 2 aromatic rings. The van der Waals surface area contributed by atoms with Gasteiger partial charge in [0.15, 0.2) is 11.0 Å². The number of aromatic nitrogens is 3. The van der Waals surface area contributed by atoms with Crippen molar-refractivity contribution >= 4 is 23.6 Å². The third-order valence-corrected chi connectivity index (χ3v) is 8.33. The molecule has 35 heavy (non-hydrogen) atoms. The third-order valence-electron chi connectivity index (χ3n) is 7.38. The average molecular weight is 498 g/mol. The van der Waals surface area contributed by atoms with Gasteiger partial charge in [-0.3, -0.25) is 9.59 Å². The lowest BCUT2D eigenvalue weighted by molar-refractivity contribution is -0.135. The van der Waals surface area contributed by atoms with Gasteiger partial charge in [0.2, 0.25) is 5.91 Å². The van der Waals surface area contributed by atoms with Gasteiger partial charge in [-0.2, -0.15) is 0 Å². The Morgan fingerprint density at radius 1 is 1.00 bits per heavy atom. The molecule has 0 aliphatic heterocycles. The number of carbonyl (C=O) groups excluding carboxylic acids is 2. The molecular formula is C27H39N5O2S. The van der Waals surface area contributed by atoms with Crippen LogP contribution in [0.1, 0.15) is 100 Å². The third kappa shape index (κ3) is 6.46. The van der Waals surface area contributed by atoms with Gasteiger partial charge in [0, 0.05) is 24.2 Å². The Balaban J connectivity index is 1.41. The molecule has 4 rings (SSSR count). The maximum absolute atomic E-state index is 13.5. The van der Waals surface area contributed by atoms with Crippen molar-refractivity contribution < 1.29 is 9.59 Å². The summed E-state index contributed by atoms with van der Waals surface area (Å²) in [5, 5.41) is 12.5. The van der Waals surface area contributed by atoms with E-state index in [2.05, 4.69) is 20.4 Å². The summed E-state index contributed by atoms with van der Waals surface area (Å²) in [6.45, 7) is 4.64. The normalized spacial score (nSPS) is 18.2. The van der Waals surface area contributed by atoms with Crippen LogP contribution in [0.25, 0.3) is 0 Å². The fraction of sp³-hybridized carbons (Fsp3) is 0.630. The van der Waals surface area contributed by atoms with E-state index in [-0.39, 0.29) is 17.9 Å². The first-order chi connectivity index (χ1) is 17.1. The van der Waals surface area contributed by atoms with Crippen molar-refractivity contribution in [2.75, 3.05) is 5.75 Å². The second-order valence-electron chi connectivity index (χ2n) is 9.82. The van der Waals surface area contributed by atoms with Crippen LogP contribution in [0, 0.1) is 0 Å². The van der Waals surface area contributed by atoms with Crippen molar-refractivity contribution in [1.82, 2.24) is 25.0 Å². The Morgan fingerprint density at radius 2 is 1.60 bits per heavy atom. The van der Waals surface area contributed by atoms with Crippen molar-refractivity contribution in [2.24, 2.45) is 0 Å². The minimum Gasteiger partial charge on any atom is -0.342 e. The number of benzene rings is 1. The predicted octanol–water partition coefficient (Wildman–Crippen LogP) is 5.38. The van der Waals surface area contributed by atoms with Crippen LogP contribution in [0.3, 0.4) is 0 Å². The van der Waals surface area contributed by atoms with Gasteiger partial charge in [-0.25, -0.2) is 0 Å². The number of carbonyl (C=O) groups is 2. The van der Waals surface area contributed by atoms with Gasteiger partial charge in [-0.15, -0.1) is 10.2 Å².